The largest absolute Gasteiger partial charge is 0.477 e. The summed E-state index contributed by atoms with van der Waals surface area (Å²) in [7, 11) is 0. The molecule has 1 heterocycles. The number of carbonyl (C=O) groups is 2. The number of hydrogen-bond acceptors (Lipinski definition) is 4. The summed E-state index contributed by atoms with van der Waals surface area (Å²) in [5, 5.41) is 12.0. The number of anilines is 1. The van der Waals surface area contributed by atoms with Gasteiger partial charge in [0, 0.05) is 0 Å². The van der Waals surface area contributed by atoms with Gasteiger partial charge < -0.3 is 15.2 Å². The van der Waals surface area contributed by atoms with Gasteiger partial charge in [0.2, 0.25) is 0 Å². The summed E-state index contributed by atoms with van der Waals surface area (Å²) in [5.74, 6) is -1.31. The van der Waals surface area contributed by atoms with Crippen LogP contribution in [0.3, 0.4) is 0 Å². The fourth-order valence-electron chi connectivity index (χ4n) is 1.61. The summed E-state index contributed by atoms with van der Waals surface area (Å²) in [6, 6.07) is 12.6. The van der Waals surface area contributed by atoms with Crippen LogP contribution in [0, 0.1) is 0 Å². The molecular formula is C15H15NO4S. The Balaban J connectivity index is 1.85. The van der Waals surface area contributed by atoms with E-state index in [4.69, 9.17) is 9.84 Å². The number of ether oxygens (including phenoxy) is 1. The highest BCUT2D eigenvalue weighted by Gasteiger charge is 2.15. The van der Waals surface area contributed by atoms with Crippen LogP contribution in [0.1, 0.15) is 22.2 Å². The summed E-state index contributed by atoms with van der Waals surface area (Å²) < 4.78 is 5.49. The van der Waals surface area contributed by atoms with Gasteiger partial charge in [0.05, 0.1) is 11.6 Å². The molecule has 21 heavy (non-hydrogen) atoms. The smallest absolute Gasteiger partial charge is 0.345 e. The maximum atomic E-state index is 11.9. The van der Waals surface area contributed by atoms with E-state index in [0.717, 1.165) is 16.9 Å². The first-order valence-electron chi connectivity index (χ1n) is 6.36. The van der Waals surface area contributed by atoms with E-state index >= 15 is 0 Å². The monoisotopic (exact) mass is 305 g/mol. The average molecular weight is 305 g/mol. The third-order valence-electron chi connectivity index (χ3n) is 2.78. The molecule has 2 aromatic rings. The SMILES string of the molecule is CC(OCc1ccccc1)C(=O)Nc1ccc(C(=O)O)s1. The van der Waals surface area contributed by atoms with Crippen molar-refractivity contribution in [3.63, 3.8) is 0 Å². The molecule has 6 heteroatoms. The Hall–Kier alpha value is -2.18. The molecule has 0 fully saturated rings. The van der Waals surface area contributed by atoms with Gasteiger partial charge in [-0.15, -0.1) is 11.3 Å². The molecule has 5 nitrogen and oxygen atoms in total. The van der Waals surface area contributed by atoms with Gasteiger partial charge in [-0.25, -0.2) is 4.79 Å². The number of thiophene rings is 1. The first-order valence-corrected chi connectivity index (χ1v) is 7.17. The van der Waals surface area contributed by atoms with Crippen molar-refractivity contribution in [2.24, 2.45) is 0 Å². The van der Waals surface area contributed by atoms with Crippen LogP contribution in [0.25, 0.3) is 0 Å². The average Bonchev–Trinajstić information content (AvgIpc) is 2.94. The molecule has 1 amide bonds. The lowest BCUT2D eigenvalue weighted by atomic mass is 10.2. The lowest BCUT2D eigenvalue weighted by molar-refractivity contribution is -0.127. The van der Waals surface area contributed by atoms with Gasteiger partial charge in [0.1, 0.15) is 11.0 Å². The molecule has 1 atom stereocenters. The van der Waals surface area contributed by atoms with Crippen molar-refractivity contribution >= 4 is 28.2 Å². The highest BCUT2D eigenvalue weighted by Crippen LogP contribution is 2.22. The van der Waals surface area contributed by atoms with Gasteiger partial charge in [-0.3, -0.25) is 4.79 Å². The Morgan fingerprint density at radius 2 is 1.95 bits per heavy atom. The van der Waals surface area contributed by atoms with Crippen molar-refractivity contribution in [3.05, 3.63) is 52.9 Å². The summed E-state index contributed by atoms with van der Waals surface area (Å²) in [6.45, 7) is 2.00. The van der Waals surface area contributed by atoms with Crippen LogP contribution in [0.4, 0.5) is 5.00 Å². The molecule has 0 aliphatic heterocycles. The van der Waals surface area contributed by atoms with Crippen LogP contribution in [0.5, 0.6) is 0 Å². The van der Waals surface area contributed by atoms with Crippen LogP contribution in [0.15, 0.2) is 42.5 Å². The van der Waals surface area contributed by atoms with Crippen molar-refractivity contribution in [2.75, 3.05) is 5.32 Å². The van der Waals surface area contributed by atoms with Crippen LogP contribution in [0.2, 0.25) is 0 Å². The predicted molar refractivity (Wildman–Crippen MR) is 80.6 cm³/mol. The Labute approximate surface area is 126 Å². The third-order valence-corrected chi connectivity index (χ3v) is 3.76. The second kappa shape index (κ2) is 7.01. The van der Waals surface area contributed by atoms with E-state index in [1.54, 1.807) is 13.0 Å². The molecule has 2 N–H and O–H groups in total. The number of hydrogen-bond donors (Lipinski definition) is 2. The van der Waals surface area contributed by atoms with Gasteiger partial charge in [0.25, 0.3) is 5.91 Å². The topological polar surface area (TPSA) is 75.6 Å². The Morgan fingerprint density at radius 1 is 1.24 bits per heavy atom. The van der Waals surface area contributed by atoms with Gasteiger partial charge in [-0.1, -0.05) is 30.3 Å². The maximum absolute atomic E-state index is 11.9. The van der Waals surface area contributed by atoms with E-state index in [1.807, 2.05) is 30.3 Å². The highest BCUT2D eigenvalue weighted by atomic mass is 32.1. The van der Waals surface area contributed by atoms with Crippen molar-refractivity contribution < 1.29 is 19.4 Å². The fourth-order valence-corrected chi connectivity index (χ4v) is 2.36. The summed E-state index contributed by atoms with van der Waals surface area (Å²) in [5.41, 5.74) is 0.987. The first-order chi connectivity index (χ1) is 10.1. The molecule has 1 aromatic carbocycles. The van der Waals surface area contributed by atoms with Gasteiger partial charge in [-0.2, -0.15) is 0 Å². The molecule has 0 saturated carbocycles. The number of nitrogens with one attached hydrogen (secondary N) is 1. The summed E-state index contributed by atoms with van der Waals surface area (Å²) in [6.07, 6.45) is -0.624. The zero-order valence-corrected chi connectivity index (χ0v) is 12.2. The van der Waals surface area contributed by atoms with Crippen LogP contribution < -0.4 is 5.32 Å². The van der Waals surface area contributed by atoms with E-state index in [2.05, 4.69) is 5.32 Å². The number of amides is 1. The number of benzene rings is 1. The first kappa shape index (κ1) is 15.2. The minimum absolute atomic E-state index is 0.183. The molecule has 0 saturated heterocycles. The van der Waals surface area contributed by atoms with Gasteiger partial charge >= 0.3 is 5.97 Å². The van der Waals surface area contributed by atoms with Crippen LogP contribution >= 0.6 is 11.3 Å². The van der Waals surface area contributed by atoms with Crippen LogP contribution in [-0.2, 0) is 16.1 Å². The third kappa shape index (κ3) is 4.40. The summed E-state index contributed by atoms with van der Waals surface area (Å²) in [4.78, 5) is 22.9. The zero-order chi connectivity index (χ0) is 15.2. The van der Waals surface area contributed by atoms with Gasteiger partial charge in [0.15, 0.2) is 0 Å². The Bertz CT molecular complexity index is 624. The van der Waals surface area contributed by atoms with Crippen molar-refractivity contribution in [3.8, 4) is 0 Å². The number of rotatable bonds is 6. The number of carboxylic acids is 1. The quantitative estimate of drug-likeness (QED) is 0.860. The molecule has 0 bridgehead atoms. The van der Waals surface area contributed by atoms with Crippen molar-refractivity contribution in [2.45, 2.75) is 19.6 Å². The minimum atomic E-state index is -1.01. The molecule has 0 aliphatic carbocycles. The number of carbonyl (C=O) groups excluding carboxylic acids is 1. The number of carboxylic acid groups (broad SMARTS) is 1. The molecule has 110 valence electrons. The predicted octanol–water partition coefficient (Wildman–Crippen LogP) is 2.99. The molecule has 1 aromatic heterocycles. The molecule has 0 spiro atoms. The van der Waals surface area contributed by atoms with E-state index in [1.165, 1.54) is 6.07 Å². The molecular weight excluding hydrogens is 290 g/mol. The Kier molecular flexibility index (Phi) is 5.08. The lowest BCUT2D eigenvalue weighted by Crippen LogP contribution is -2.27. The summed E-state index contributed by atoms with van der Waals surface area (Å²) >= 11 is 1.01. The molecule has 0 radical (unpaired) electrons. The Morgan fingerprint density at radius 3 is 2.57 bits per heavy atom. The van der Waals surface area contributed by atoms with Crippen molar-refractivity contribution in [1.82, 2.24) is 0 Å². The van der Waals surface area contributed by atoms with Gasteiger partial charge in [-0.05, 0) is 24.6 Å². The van der Waals surface area contributed by atoms with Crippen LogP contribution in [-0.4, -0.2) is 23.1 Å². The maximum Gasteiger partial charge on any atom is 0.345 e. The molecule has 0 aliphatic rings. The van der Waals surface area contributed by atoms with E-state index in [-0.39, 0.29) is 10.8 Å². The number of aromatic carboxylic acids is 1. The standard InChI is InChI=1S/C15H15NO4S/c1-10(20-9-11-5-3-2-4-6-11)14(17)16-13-8-7-12(21-13)15(18)19/h2-8,10H,9H2,1H3,(H,16,17)(H,18,19). The van der Waals surface area contributed by atoms with E-state index in [9.17, 15) is 9.59 Å². The molecule has 1 unspecified atom stereocenters. The molecule has 2 rings (SSSR count). The van der Waals surface area contributed by atoms with E-state index in [0.29, 0.717) is 11.6 Å². The fraction of sp³-hybridized carbons (Fsp3) is 0.200. The minimum Gasteiger partial charge on any atom is -0.477 e. The van der Waals surface area contributed by atoms with E-state index < -0.39 is 12.1 Å². The highest BCUT2D eigenvalue weighted by molar-refractivity contribution is 7.18. The van der Waals surface area contributed by atoms with Crippen molar-refractivity contribution in [1.29, 1.82) is 0 Å². The second-order valence-corrected chi connectivity index (χ2v) is 5.48. The zero-order valence-electron chi connectivity index (χ0n) is 11.4. The normalized spacial score (nSPS) is 11.9. The second-order valence-electron chi connectivity index (χ2n) is 4.40. The lowest BCUT2D eigenvalue weighted by Gasteiger charge is -2.12.